The van der Waals surface area contributed by atoms with Gasteiger partial charge < -0.3 is 32.5 Å². The van der Waals surface area contributed by atoms with Crippen molar-refractivity contribution < 1.29 is 45.4 Å². The summed E-state index contributed by atoms with van der Waals surface area (Å²) in [5.41, 5.74) is 0. The fourth-order valence-electron chi connectivity index (χ4n) is 7.97. The van der Waals surface area contributed by atoms with Crippen LogP contribution in [0.5, 0.6) is 0 Å². The molecule has 18 heteroatoms. The SMILES string of the molecule is CCCCCCCCCCCCCCCCCC[Si](OCC)(OCC)OCC.CCO[Si](CCCCCCCCCCCCCCCCCCS(Cl)(Cl)Cl)(OCC)OCC.C[C-](C)C.Cl[Si](Cl)(Cl)Cl.[Li+]. The number of unbranched alkanes of at least 4 members (excludes halogenated alkanes) is 30. The maximum atomic E-state index is 5.93. The third kappa shape index (κ3) is 73.5. The van der Waals surface area contributed by atoms with E-state index in [0.29, 0.717) is 39.6 Å². The normalized spacial score (nSPS) is 12.1. The van der Waals surface area contributed by atoms with Gasteiger partial charge in [0.25, 0.3) is 0 Å². The van der Waals surface area contributed by atoms with Crippen LogP contribution in [0.3, 0.4) is 0 Å². The summed E-state index contributed by atoms with van der Waals surface area (Å²) in [5, 5.41) is -2.72. The molecule has 0 fully saturated rings. The van der Waals surface area contributed by atoms with Crippen molar-refractivity contribution in [3.63, 3.8) is 0 Å². The second-order valence-corrected chi connectivity index (χ2v) is 42.7. The van der Waals surface area contributed by atoms with Crippen LogP contribution in [0.2, 0.25) is 12.1 Å². The summed E-state index contributed by atoms with van der Waals surface area (Å²) in [6.45, 7) is 24.8. The number of hydrogen-bond donors (Lipinski definition) is 0. The first-order chi connectivity index (χ1) is 32.9. The van der Waals surface area contributed by atoms with Gasteiger partial charge in [-0.25, -0.2) is 0 Å². The van der Waals surface area contributed by atoms with Crippen molar-refractivity contribution in [2.24, 2.45) is 0 Å². The van der Waals surface area contributed by atoms with E-state index in [2.05, 4.69) is 27.7 Å². The average molecular weight is 1200 g/mol. The standard InChI is InChI=1S/C24H51Cl3O3SSi.C24H52O3Si.C4H9.Cl4Si.Li/c1-4-28-32(29-5-2,30-6-3)24-22-20-18-16-14-12-10-8-7-9-11-13-15-17-19-21-23-31(25,26)27;1-5-9-10-11-12-13-14-15-16-17-18-19-20-21-22-23-24-28(25-6-2,26-7-3)27-8-4;1-4(2)3;1-5(2,3)4;/h4-24H2,1-3H3;5-24H2,1-4H3;1-3H3;;/q;;-1;;+1. The zero-order valence-electron chi connectivity index (χ0n) is 47.5. The van der Waals surface area contributed by atoms with Gasteiger partial charge in [-0.3, -0.25) is 0 Å². The van der Waals surface area contributed by atoms with Crippen molar-refractivity contribution in [2.45, 2.75) is 287 Å². The van der Waals surface area contributed by atoms with Crippen LogP contribution in [0.25, 0.3) is 0 Å². The van der Waals surface area contributed by atoms with Crippen molar-refractivity contribution in [3.05, 3.63) is 5.92 Å². The van der Waals surface area contributed by atoms with Gasteiger partial charge in [-0.05, 0) is 101 Å². The van der Waals surface area contributed by atoms with Crippen LogP contribution in [0, 0.1) is 5.92 Å². The first kappa shape index (κ1) is 82.2. The molecule has 0 N–H and O–H groups in total. The van der Waals surface area contributed by atoms with E-state index >= 15 is 0 Å². The van der Waals surface area contributed by atoms with E-state index in [9.17, 15) is 0 Å². The van der Waals surface area contributed by atoms with Crippen LogP contribution >= 0.6 is 84.0 Å². The Labute approximate surface area is 486 Å². The molecule has 0 aliphatic heterocycles. The summed E-state index contributed by atoms with van der Waals surface area (Å²) in [6, 6.07) is 1.93. The van der Waals surface area contributed by atoms with E-state index < -0.39 is 30.6 Å². The summed E-state index contributed by atoms with van der Waals surface area (Å²) in [6.07, 6.45) is 43.4. The fraction of sp³-hybridized carbons (Fsp3) is 0.981. The Bertz CT molecular complexity index is 944. The van der Waals surface area contributed by atoms with E-state index in [1.54, 1.807) is 0 Å². The fourth-order valence-corrected chi connectivity index (χ4v) is 14.9. The zero-order chi connectivity index (χ0) is 52.8. The molecule has 0 saturated carbocycles. The largest absolute Gasteiger partial charge is 1.00 e. The quantitative estimate of drug-likeness (QED) is 0.0262. The smallest absolute Gasteiger partial charge is 0.374 e. The van der Waals surface area contributed by atoms with Crippen LogP contribution in [0.15, 0.2) is 0 Å². The molecule has 0 unspecified atom stereocenters. The molecule has 0 bridgehead atoms. The molecule has 0 aromatic carbocycles. The second kappa shape index (κ2) is 61.6. The first-order valence-electron chi connectivity index (χ1n) is 28.1. The molecule has 0 rings (SSSR count). The molecule has 0 radical (unpaired) electrons. The molecule has 0 spiro atoms. The van der Waals surface area contributed by atoms with Gasteiger partial charge >= 0.3 is 41.8 Å². The Morgan fingerprint density at radius 2 is 0.471 bits per heavy atom. The predicted molar refractivity (Wildman–Crippen MR) is 324 cm³/mol. The van der Waals surface area contributed by atoms with Gasteiger partial charge in [0.15, 0.2) is 0 Å². The van der Waals surface area contributed by atoms with Gasteiger partial charge in [-0.2, -0.15) is 20.8 Å². The minimum atomic E-state index is -2.72. The molecule has 0 aliphatic rings. The summed E-state index contributed by atoms with van der Waals surface area (Å²) >= 11 is 19.9. The van der Waals surface area contributed by atoms with Crippen LogP contribution in [-0.4, -0.2) is 68.3 Å². The van der Waals surface area contributed by atoms with Gasteiger partial charge in [0.2, 0.25) is 0 Å². The Hall–Kier alpha value is 3.39. The molecule has 424 valence electrons. The third-order valence-corrected chi connectivity index (χ3v) is 19.6. The van der Waals surface area contributed by atoms with E-state index in [0.717, 1.165) is 30.7 Å². The molecular weight excluding hydrogens is 1090 g/mol. The predicted octanol–water partition coefficient (Wildman–Crippen LogP) is 19.8. The molecule has 6 nitrogen and oxygen atoms in total. The van der Waals surface area contributed by atoms with Crippen LogP contribution < -0.4 is 18.9 Å². The third-order valence-electron chi connectivity index (χ3n) is 11.1. The van der Waals surface area contributed by atoms with Crippen LogP contribution in [-0.2, 0) is 26.6 Å². The molecule has 0 aromatic rings. The van der Waals surface area contributed by atoms with Crippen molar-refractivity contribution in [1.29, 1.82) is 0 Å². The van der Waals surface area contributed by atoms with E-state index in [1.165, 1.54) is 199 Å². The summed E-state index contributed by atoms with van der Waals surface area (Å²) < 4.78 is 35.6. The molecule has 0 saturated heterocycles. The van der Waals surface area contributed by atoms with Gasteiger partial charge in [0.1, 0.15) is 0 Å². The van der Waals surface area contributed by atoms with Crippen molar-refractivity contribution in [3.8, 4) is 0 Å². The zero-order valence-corrected chi connectivity index (χ0v) is 56.6. The van der Waals surface area contributed by atoms with E-state index in [4.69, 9.17) is 103 Å². The first-order valence-corrected chi connectivity index (χ1v) is 42.3. The van der Waals surface area contributed by atoms with Gasteiger partial charge in [0.05, 0.1) is 0 Å². The van der Waals surface area contributed by atoms with E-state index in [-0.39, 0.29) is 18.9 Å². The summed E-state index contributed by atoms with van der Waals surface area (Å²) in [7, 11) is 10.9. The van der Waals surface area contributed by atoms with Gasteiger partial charge in [-0.1, -0.05) is 193 Å². The maximum absolute atomic E-state index is 5.93. The van der Waals surface area contributed by atoms with Gasteiger partial charge in [-0.15, -0.1) is 44.3 Å². The Kier molecular flexibility index (Phi) is 72.4. The minimum absolute atomic E-state index is 0. The molecular formula is C52H112Cl7LiO6SSi3. The Morgan fingerprint density at radius 3 is 0.629 bits per heavy atom. The molecule has 0 aliphatic carbocycles. The van der Waals surface area contributed by atoms with Crippen LogP contribution in [0.4, 0.5) is 0 Å². The number of halogens is 7. The minimum Gasteiger partial charge on any atom is -0.374 e. The van der Waals surface area contributed by atoms with Crippen molar-refractivity contribution in [2.75, 3.05) is 45.4 Å². The Balaban J connectivity index is -0.000000339. The number of hydrogen-bond acceptors (Lipinski definition) is 6. The molecule has 0 heterocycles. The van der Waals surface area contributed by atoms with Crippen LogP contribution in [0.1, 0.15) is 275 Å². The van der Waals surface area contributed by atoms with Crippen molar-refractivity contribution >= 4 is 107 Å². The maximum Gasteiger partial charge on any atom is 1.00 e. The molecule has 0 atom stereocenters. The molecule has 0 aromatic heterocycles. The average Bonchev–Trinajstić information content (AvgIpc) is 3.25. The van der Waals surface area contributed by atoms with Crippen molar-refractivity contribution in [1.82, 2.24) is 0 Å². The van der Waals surface area contributed by atoms with E-state index in [1.807, 2.05) is 41.5 Å². The topological polar surface area (TPSA) is 55.4 Å². The van der Waals surface area contributed by atoms with Gasteiger partial charge in [0, 0.05) is 57.5 Å². The second-order valence-electron chi connectivity index (χ2n) is 18.6. The summed E-state index contributed by atoms with van der Waals surface area (Å²) in [5.74, 6) is 2.18. The monoisotopic (exact) mass is 1200 g/mol. The molecule has 0 amide bonds. The summed E-state index contributed by atoms with van der Waals surface area (Å²) in [4.78, 5) is 0. The number of rotatable bonds is 48. The molecule has 70 heavy (non-hydrogen) atoms. The Morgan fingerprint density at radius 1 is 0.314 bits per heavy atom.